The van der Waals surface area contributed by atoms with Gasteiger partial charge in [-0.3, -0.25) is 9.59 Å². The second-order valence-corrected chi connectivity index (χ2v) is 8.34. The van der Waals surface area contributed by atoms with Gasteiger partial charge < -0.3 is 15.5 Å². The fourth-order valence-corrected chi connectivity index (χ4v) is 3.52. The molecule has 0 fully saturated rings. The van der Waals surface area contributed by atoms with Crippen molar-refractivity contribution in [2.75, 3.05) is 30.3 Å². The highest BCUT2D eigenvalue weighted by Crippen LogP contribution is 2.22. The number of aryl methyl sites for hydroxylation is 1. The van der Waals surface area contributed by atoms with E-state index < -0.39 is 0 Å². The predicted molar refractivity (Wildman–Crippen MR) is 148 cm³/mol. The van der Waals surface area contributed by atoms with Gasteiger partial charge in [-0.1, -0.05) is 39.0 Å². The average molecular weight is 505 g/mol. The first-order chi connectivity index (χ1) is 17.3. The molecule has 6 nitrogen and oxygen atoms in total. The molecule has 0 aliphatic heterocycles. The average Bonchev–Trinajstić information content (AvgIpc) is 2.92. The largest absolute Gasteiger partial charge is 0.322 e. The Bertz CT molecular complexity index is 1180. The summed E-state index contributed by atoms with van der Waals surface area (Å²) < 4.78 is 0. The Balaban J connectivity index is 0.000000572. The zero-order valence-corrected chi connectivity index (χ0v) is 22.0. The van der Waals surface area contributed by atoms with Crippen molar-refractivity contribution in [3.8, 4) is 6.07 Å². The van der Waals surface area contributed by atoms with Crippen LogP contribution in [-0.4, -0.2) is 36.3 Å². The van der Waals surface area contributed by atoms with E-state index in [1.807, 2.05) is 31.2 Å². The lowest BCUT2D eigenvalue weighted by Crippen LogP contribution is -2.21. The Hall–Kier alpha value is -3.66. The summed E-state index contributed by atoms with van der Waals surface area (Å²) in [5.41, 5.74) is 4.41. The maximum absolute atomic E-state index is 12.5. The van der Waals surface area contributed by atoms with Crippen LogP contribution in [0, 0.1) is 18.3 Å². The van der Waals surface area contributed by atoms with Crippen molar-refractivity contribution in [1.29, 1.82) is 5.26 Å². The molecule has 0 unspecified atom stereocenters. The third kappa shape index (κ3) is 8.53. The number of nitrogens with zero attached hydrogens (tertiary/aromatic N) is 2. The number of carbonyl (C=O) groups is 2. The number of carbonyl (C=O) groups excluding carboxylic acids is 2. The number of nitriles is 1. The molecule has 2 N–H and O–H groups in total. The van der Waals surface area contributed by atoms with Gasteiger partial charge in [0.2, 0.25) is 0 Å². The van der Waals surface area contributed by atoms with E-state index in [-0.39, 0.29) is 11.8 Å². The number of benzene rings is 3. The van der Waals surface area contributed by atoms with Crippen molar-refractivity contribution in [2.24, 2.45) is 0 Å². The van der Waals surface area contributed by atoms with E-state index in [0.29, 0.717) is 33.9 Å². The van der Waals surface area contributed by atoms with Gasteiger partial charge in [-0.2, -0.15) is 5.26 Å². The molecule has 188 valence electrons. The Morgan fingerprint density at radius 1 is 0.833 bits per heavy atom. The van der Waals surface area contributed by atoms with E-state index in [1.54, 1.807) is 48.5 Å². The molecule has 0 bridgehead atoms. The summed E-state index contributed by atoms with van der Waals surface area (Å²) in [6.45, 7) is 12.0. The van der Waals surface area contributed by atoms with Crippen molar-refractivity contribution < 1.29 is 9.59 Å². The van der Waals surface area contributed by atoms with E-state index in [0.717, 1.165) is 11.1 Å². The molecule has 0 radical (unpaired) electrons. The molecule has 0 saturated carbocycles. The van der Waals surface area contributed by atoms with E-state index in [9.17, 15) is 9.59 Å². The summed E-state index contributed by atoms with van der Waals surface area (Å²) >= 11 is 5.78. The maximum Gasteiger partial charge on any atom is 0.255 e. The molecule has 2 amide bonds. The number of hydrogen-bond donors (Lipinski definition) is 2. The standard InChI is InChI=1S/C23H18ClN3O2.C6H15N/c1-15-2-11-20(26-22(28)18-9-5-17(14-25)6-10-18)12-21(15)27-23(29)19-7-3-16(13-24)4-8-19;1-4-7(5-2)6-3/h2-12H,13H2,1H3,(H,26,28)(H,27,29);4-6H2,1-3H3. The van der Waals surface area contributed by atoms with Gasteiger partial charge >= 0.3 is 0 Å². The number of amides is 2. The van der Waals surface area contributed by atoms with Crippen LogP contribution in [0.15, 0.2) is 66.7 Å². The van der Waals surface area contributed by atoms with Crippen molar-refractivity contribution in [1.82, 2.24) is 4.90 Å². The second-order valence-electron chi connectivity index (χ2n) is 8.08. The zero-order valence-electron chi connectivity index (χ0n) is 21.3. The molecule has 0 atom stereocenters. The molecule has 36 heavy (non-hydrogen) atoms. The molecule has 3 aromatic carbocycles. The Morgan fingerprint density at radius 3 is 1.83 bits per heavy atom. The third-order valence-corrected chi connectivity index (χ3v) is 6.04. The highest BCUT2D eigenvalue weighted by atomic mass is 35.5. The van der Waals surface area contributed by atoms with Crippen LogP contribution >= 0.6 is 11.6 Å². The Labute approximate surface area is 218 Å². The molecule has 0 aliphatic carbocycles. The first kappa shape index (κ1) is 28.6. The fourth-order valence-electron chi connectivity index (χ4n) is 3.34. The fraction of sp³-hybridized carbons (Fsp3) is 0.276. The number of halogens is 1. The quantitative estimate of drug-likeness (QED) is 0.345. The van der Waals surface area contributed by atoms with Gasteiger partial charge in [-0.05, 0) is 86.2 Å². The lowest BCUT2D eigenvalue weighted by atomic mass is 10.1. The smallest absolute Gasteiger partial charge is 0.255 e. The number of anilines is 2. The molecule has 0 heterocycles. The van der Waals surface area contributed by atoms with Crippen LogP contribution in [0.2, 0.25) is 0 Å². The molecule has 3 aromatic rings. The molecule has 7 heteroatoms. The van der Waals surface area contributed by atoms with Crippen LogP contribution in [0.3, 0.4) is 0 Å². The minimum atomic E-state index is -0.299. The van der Waals surface area contributed by atoms with Gasteiger partial charge in [0, 0.05) is 28.4 Å². The lowest BCUT2D eigenvalue weighted by Gasteiger charge is -2.13. The van der Waals surface area contributed by atoms with Crippen molar-refractivity contribution in [3.63, 3.8) is 0 Å². The SMILES string of the molecule is CCN(CC)CC.Cc1ccc(NC(=O)c2ccc(C#N)cc2)cc1NC(=O)c1ccc(CCl)cc1. The van der Waals surface area contributed by atoms with Crippen molar-refractivity contribution >= 4 is 34.8 Å². The van der Waals surface area contributed by atoms with Gasteiger partial charge in [0.15, 0.2) is 0 Å². The predicted octanol–water partition coefficient (Wildman–Crippen LogP) is 6.46. The van der Waals surface area contributed by atoms with E-state index >= 15 is 0 Å². The summed E-state index contributed by atoms with van der Waals surface area (Å²) in [5, 5.41) is 14.5. The minimum absolute atomic E-state index is 0.246. The normalized spacial score (nSPS) is 10.1. The summed E-state index contributed by atoms with van der Waals surface area (Å²) in [6, 6.07) is 20.7. The van der Waals surface area contributed by atoms with Crippen LogP contribution in [0.4, 0.5) is 11.4 Å². The third-order valence-electron chi connectivity index (χ3n) is 5.73. The molecule has 0 spiro atoms. The van der Waals surface area contributed by atoms with Gasteiger partial charge in [0.25, 0.3) is 11.8 Å². The summed E-state index contributed by atoms with van der Waals surface area (Å²) in [5.74, 6) is -0.154. The second kappa shape index (κ2) is 14.7. The number of rotatable bonds is 8. The summed E-state index contributed by atoms with van der Waals surface area (Å²) in [4.78, 5) is 27.3. The molecule has 0 aliphatic rings. The Morgan fingerprint density at radius 2 is 1.36 bits per heavy atom. The summed E-state index contributed by atoms with van der Waals surface area (Å²) in [7, 11) is 0. The van der Waals surface area contributed by atoms with E-state index in [4.69, 9.17) is 16.9 Å². The highest BCUT2D eigenvalue weighted by Gasteiger charge is 2.11. The van der Waals surface area contributed by atoms with Crippen molar-refractivity contribution in [3.05, 3.63) is 94.5 Å². The van der Waals surface area contributed by atoms with Crippen LogP contribution in [0.1, 0.15) is 58.2 Å². The number of alkyl halides is 1. The topological polar surface area (TPSA) is 85.2 Å². The number of hydrogen-bond acceptors (Lipinski definition) is 4. The van der Waals surface area contributed by atoms with E-state index in [2.05, 4.69) is 36.3 Å². The van der Waals surface area contributed by atoms with Crippen LogP contribution in [0.25, 0.3) is 0 Å². The molecule has 0 saturated heterocycles. The van der Waals surface area contributed by atoms with Gasteiger partial charge in [0.05, 0.1) is 11.6 Å². The highest BCUT2D eigenvalue weighted by molar-refractivity contribution is 6.17. The molecular formula is C29H33ClN4O2. The van der Waals surface area contributed by atoms with Gasteiger partial charge in [-0.15, -0.1) is 11.6 Å². The number of nitrogens with one attached hydrogen (secondary N) is 2. The van der Waals surface area contributed by atoms with Crippen LogP contribution in [-0.2, 0) is 5.88 Å². The summed E-state index contributed by atoms with van der Waals surface area (Å²) in [6.07, 6.45) is 0. The van der Waals surface area contributed by atoms with Crippen LogP contribution < -0.4 is 10.6 Å². The van der Waals surface area contributed by atoms with Gasteiger partial charge in [-0.25, -0.2) is 0 Å². The zero-order chi connectivity index (χ0) is 26.5. The first-order valence-corrected chi connectivity index (χ1v) is 12.5. The Kier molecular flexibility index (Phi) is 11.6. The minimum Gasteiger partial charge on any atom is -0.322 e. The first-order valence-electron chi connectivity index (χ1n) is 12.0. The molecular weight excluding hydrogens is 472 g/mol. The lowest BCUT2D eigenvalue weighted by molar-refractivity contribution is 0.101. The molecule has 0 aromatic heterocycles. The van der Waals surface area contributed by atoms with E-state index in [1.165, 1.54) is 19.6 Å². The van der Waals surface area contributed by atoms with Crippen LogP contribution in [0.5, 0.6) is 0 Å². The van der Waals surface area contributed by atoms with Gasteiger partial charge in [0.1, 0.15) is 0 Å². The monoisotopic (exact) mass is 504 g/mol. The molecule has 3 rings (SSSR count). The maximum atomic E-state index is 12.5. The van der Waals surface area contributed by atoms with Crippen molar-refractivity contribution in [2.45, 2.75) is 33.6 Å².